The van der Waals surface area contributed by atoms with Gasteiger partial charge in [-0.05, 0) is 13.8 Å². The Morgan fingerprint density at radius 2 is 2.04 bits per heavy atom. The molecule has 0 amide bonds. The van der Waals surface area contributed by atoms with Gasteiger partial charge in [-0.2, -0.15) is 0 Å². The molecular weight excluding hydrogens is 306 g/mol. The van der Waals surface area contributed by atoms with Crippen molar-refractivity contribution in [2.24, 2.45) is 10.7 Å². The van der Waals surface area contributed by atoms with E-state index in [0.717, 1.165) is 0 Å². The molecule has 2 aliphatic heterocycles. The lowest BCUT2D eigenvalue weighted by Gasteiger charge is -2.20. The van der Waals surface area contributed by atoms with Gasteiger partial charge in [0.15, 0.2) is 12.2 Å². The van der Waals surface area contributed by atoms with E-state index in [2.05, 4.69) is 15.3 Å². The Morgan fingerprint density at radius 3 is 2.65 bits per heavy atom. The van der Waals surface area contributed by atoms with Crippen LogP contribution in [0.25, 0.3) is 0 Å². The molecule has 0 saturated carbocycles. The third-order valence-electron chi connectivity index (χ3n) is 4.17. The molecule has 1 aromatic heterocycles. The minimum absolute atomic E-state index is 0.0946. The van der Waals surface area contributed by atoms with Crippen molar-refractivity contribution < 1.29 is 25.2 Å². The van der Waals surface area contributed by atoms with Crippen LogP contribution >= 0.6 is 0 Å². The normalized spacial score (nSPS) is 38.4. The number of aliphatic imine (C=N–C) groups is 1. The maximum Gasteiger partial charge on any atom is 0.194 e. The summed E-state index contributed by atoms with van der Waals surface area (Å²) >= 11 is 0. The van der Waals surface area contributed by atoms with Gasteiger partial charge in [-0.15, -0.1) is 0 Å². The van der Waals surface area contributed by atoms with Gasteiger partial charge in [0.1, 0.15) is 35.9 Å². The summed E-state index contributed by atoms with van der Waals surface area (Å²) in [6, 6.07) is -0.489. The lowest BCUT2D eigenvalue weighted by molar-refractivity contribution is -0.0782. The molecule has 10 heteroatoms. The summed E-state index contributed by atoms with van der Waals surface area (Å²) in [4.78, 5) is 8.22. The SMILES string of the molecule is CC(O)C1OC(n2cnc3c2NC(N)=NC(C)C3O)C(O)C1O. The second kappa shape index (κ2) is 5.73. The molecule has 0 bridgehead atoms. The third kappa shape index (κ3) is 2.58. The number of aromatic nitrogens is 2. The van der Waals surface area contributed by atoms with Gasteiger partial charge in [-0.1, -0.05) is 0 Å². The molecule has 23 heavy (non-hydrogen) atoms. The highest BCUT2D eigenvalue weighted by Gasteiger charge is 2.47. The molecule has 0 radical (unpaired) electrons. The van der Waals surface area contributed by atoms with Crippen molar-refractivity contribution in [3.63, 3.8) is 0 Å². The Hall–Kier alpha value is -1.72. The Labute approximate surface area is 132 Å². The summed E-state index contributed by atoms with van der Waals surface area (Å²) in [5, 5.41) is 43.0. The third-order valence-corrected chi connectivity index (χ3v) is 4.17. The predicted octanol–water partition coefficient (Wildman–Crippen LogP) is -1.95. The fraction of sp³-hybridized carbons (Fsp3) is 0.692. The van der Waals surface area contributed by atoms with Crippen LogP contribution in [0.1, 0.15) is 31.9 Å². The monoisotopic (exact) mass is 327 g/mol. The number of rotatable bonds is 2. The van der Waals surface area contributed by atoms with E-state index in [1.807, 2.05) is 0 Å². The fourth-order valence-electron chi connectivity index (χ4n) is 2.90. The zero-order valence-electron chi connectivity index (χ0n) is 12.7. The number of hydrogen-bond donors (Lipinski definition) is 6. The highest BCUT2D eigenvalue weighted by atomic mass is 16.6. The van der Waals surface area contributed by atoms with E-state index in [0.29, 0.717) is 11.5 Å². The maximum absolute atomic E-state index is 10.3. The van der Waals surface area contributed by atoms with Crippen molar-refractivity contribution in [1.82, 2.24) is 9.55 Å². The second-order valence-electron chi connectivity index (χ2n) is 5.92. The van der Waals surface area contributed by atoms with Crippen molar-refractivity contribution in [1.29, 1.82) is 0 Å². The van der Waals surface area contributed by atoms with Gasteiger partial charge in [0.05, 0.1) is 18.5 Å². The molecule has 3 heterocycles. The second-order valence-corrected chi connectivity index (χ2v) is 5.92. The Balaban J connectivity index is 1.97. The largest absolute Gasteiger partial charge is 0.391 e. The Bertz CT molecular complexity index is 618. The zero-order chi connectivity index (χ0) is 16.9. The number of imidazole rings is 1. The minimum atomic E-state index is -1.27. The van der Waals surface area contributed by atoms with E-state index < -0.39 is 42.8 Å². The van der Waals surface area contributed by atoms with E-state index in [4.69, 9.17) is 10.5 Å². The lowest BCUT2D eigenvalue weighted by Crippen LogP contribution is -2.37. The number of nitrogens with two attached hydrogens (primary N) is 1. The molecule has 0 aromatic carbocycles. The maximum atomic E-state index is 10.3. The van der Waals surface area contributed by atoms with Crippen molar-refractivity contribution in [3.8, 4) is 0 Å². The van der Waals surface area contributed by atoms with Gasteiger partial charge in [0.25, 0.3) is 0 Å². The summed E-state index contributed by atoms with van der Waals surface area (Å²) in [6.45, 7) is 3.16. The van der Waals surface area contributed by atoms with Crippen LogP contribution in [0.5, 0.6) is 0 Å². The van der Waals surface area contributed by atoms with Crippen LogP contribution in [-0.4, -0.2) is 66.4 Å². The molecule has 0 aliphatic carbocycles. The average Bonchev–Trinajstić information content (AvgIpc) is 2.97. The highest BCUT2D eigenvalue weighted by Crippen LogP contribution is 2.36. The van der Waals surface area contributed by atoms with Crippen molar-refractivity contribution in [2.45, 2.75) is 56.6 Å². The first-order valence-corrected chi connectivity index (χ1v) is 7.36. The first-order chi connectivity index (χ1) is 10.8. The van der Waals surface area contributed by atoms with Crippen LogP contribution in [0.2, 0.25) is 0 Å². The molecule has 1 saturated heterocycles. The minimum Gasteiger partial charge on any atom is -0.391 e. The standard InChI is InChI=1S/C13H21N5O5/c1-4-7(20)6-11(17-13(14)16-4)18(3-15-6)12-9(22)8(21)10(23-12)5(2)19/h3-5,7-10,12,19-22H,1-2H3,(H3,14,16,17). The van der Waals surface area contributed by atoms with E-state index in [-0.39, 0.29) is 5.96 Å². The molecule has 2 aliphatic rings. The number of ether oxygens (including phenoxy) is 1. The van der Waals surface area contributed by atoms with Gasteiger partial charge in [-0.25, -0.2) is 9.98 Å². The number of guanidine groups is 1. The van der Waals surface area contributed by atoms with Crippen molar-refractivity contribution >= 4 is 11.8 Å². The Kier molecular flexibility index (Phi) is 4.02. The van der Waals surface area contributed by atoms with Gasteiger partial charge in [-0.3, -0.25) is 4.57 Å². The molecule has 7 atom stereocenters. The number of aliphatic hydroxyl groups excluding tert-OH is 4. The predicted molar refractivity (Wildman–Crippen MR) is 79.5 cm³/mol. The number of nitrogens with zero attached hydrogens (tertiary/aromatic N) is 3. The number of hydrogen-bond acceptors (Lipinski definition) is 9. The van der Waals surface area contributed by atoms with Gasteiger partial charge >= 0.3 is 0 Å². The summed E-state index contributed by atoms with van der Waals surface area (Å²) in [6.07, 6.45) is -5.01. The van der Waals surface area contributed by atoms with Crippen LogP contribution in [0.4, 0.5) is 5.82 Å². The van der Waals surface area contributed by atoms with E-state index in [1.54, 1.807) is 6.92 Å². The van der Waals surface area contributed by atoms with Crippen LogP contribution in [-0.2, 0) is 4.74 Å². The van der Waals surface area contributed by atoms with Crippen LogP contribution < -0.4 is 11.1 Å². The molecule has 7 unspecified atom stereocenters. The van der Waals surface area contributed by atoms with E-state index in [9.17, 15) is 20.4 Å². The molecule has 10 nitrogen and oxygen atoms in total. The first-order valence-electron chi connectivity index (χ1n) is 7.36. The summed E-state index contributed by atoms with van der Waals surface area (Å²) in [7, 11) is 0. The summed E-state index contributed by atoms with van der Waals surface area (Å²) < 4.78 is 6.99. The quantitative estimate of drug-likeness (QED) is 0.365. The number of anilines is 1. The van der Waals surface area contributed by atoms with Gasteiger partial charge < -0.3 is 36.2 Å². The average molecular weight is 327 g/mol. The molecule has 1 fully saturated rings. The summed E-state index contributed by atoms with van der Waals surface area (Å²) in [5.41, 5.74) is 6.07. The van der Waals surface area contributed by atoms with Crippen molar-refractivity contribution in [3.05, 3.63) is 12.0 Å². The van der Waals surface area contributed by atoms with E-state index in [1.165, 1.54) is 17.8 Å². The zero-order valence-corrected chi connectivity index (χ0v) is 12.7. The topological polar surface area (TPSA) is 158 Å². The molecule has 0 spiro atoms. The lowest BCUT2D eigenvalue weighted by atomic mass is 10.1. The molecule has 1 aromatic rings. The molecule has 7 N–H and O–H groups in total. The van der Waals surface area contributed by atoms with Crippen LogP contribution in [0.15, 0.2) is 11.3 Å². The van der Waals surface area contributed by atoms with Crippen molar-refractivity contribution in [2.75, 3.05) is 5.32 Å². The fourth-order valence-corrected chi connectivity index (χ4v) is 2.90. The number of nitrogens with one attached hydrogen (secondary N) is 1. The highest BCUT2D eigenvalue weighted by molar-refractivity contribution is 5.92. The smallest absolute Gasteiger partial charge is 0.194 e. The Morgan fingerprint density at radius 1 is 1.35 bits per heavy atom. The number of aliphatic hydroxyl groups is 4. The molecular formula is C13H21N5O5. The van der Waals surface area contributed by atoms with Gasteiger partial charge in [0.2, 0.25) is 0 Å². The molecule has 3 rings (SSSR count). The number of fused-ring (bicyclic) bond motifs is 1. The van der Waals surface area contributed by atoms with E-state index >= 15 is 0 Å². The first kappa shape index (κ1) is 16.1. The summed E-state index contributed by atoms with van der Waals surface area (Å²) in [5.74, 6) is 0.419. The molecule has 128 valence electrons. The van der Waals surface area contributed by atoms with Gasteiger partial charge in [0, 0.05) is 0 Å². The van der Waals surface area contributed by atoms with Crippen LogP contribution in [0, 0.1) is 0 Å². The van der Waals surface area contributed by atoms with Crippen LogP contribution in [0.3, 0.4) is 0 Å².